The molecule has 3 nitrogen and oxygen atoms in total. The highest BCUT2D eigenvalue weighted by Gasteiger charge is 2.25. The summed E-state index contributed by atoms with van der Waals surface area (Å²) in [5, 5.41) is 0. The van der Waals surface area contributed by atoms with Gasteiger partial charge in [-0.05, 0) is 32.0 Å². The summed E-state index contributed by atoms with van der Waals surface area (Å²) >= 11 is 0. The Labute approximate surface area is 123 Å². The number of hydrogen-bond donors (Lipinski definition) is 0. The molecule has 3 heteroatoms. The smallest absolute Gasteiger partial charge is 0.0234 e. The minimum absolute atomic E-state index is 0.802. The molecule has 20 heavy (non-hydrogen) atoms. The fourth-order valence-electron chi connectivity index (χ4n) is 3.48. The highest BCUT2D eigenvalue weighted by molar-refractivity contribution is 5.14. The second-order valence-electron chi connectivity index (χ2n) is 6.34. The van der Waals surface area contributed by atoms with Crippen molar-refractivity contribution in [3.8, 4) is 0 Å². The normalized spacial score (nSPS) is 26.1. The first-order chi connectivity index (χ1) is 9.81. The Kier molecular flexibility index (Phi) is 4.71. The summed E-state index contributed by atoms with van der Waals surface area (Å²) in [5.41, 5.74) is 1.44. The summed E-state index contributed by atoms with van der Waals surface area (Å²) in [4.78, 5) is 7.79. The van der Waals surface area contributed by atoms with E-state index in [9.17, 15) is 0 Å². The van der Waals surface area contributed by atoms with Crippen molar-refractivity contribution >= 4 is 0 Å². The molecule has 0 aromatic heterocycles. The molecule has 2 aliphatic rings. The molecule has 110 valence electrons. The molecule has 0 aliphatic carbocycles. The van der Waals surface area contributed by atoms with Crippen LogP contribution in [0, 0.1) is 0 Å². The van der Waals surface area contributed by atoms with Crippen molar-refractivity contribution in [2.24, 2.45) is 0 Å². The average molecular weight is 273 g/mol. The van der Waals surface area contributed by atoms with Crippen LogP contribution in [0.2, 0.25) is 0 Å². The third-order valence-corrected chi connectivity index (χ3v) is 4.85. The van der Waals surface area contributed by atoms with Crippen LogP contribution >= 0.6 is 0 Å². The zero-order valence-corrected chi connectivity index (χ0v) is 12.7. The molecule has 1 atom stereocenters. The van der Waals surface area contributed by atoms with E-state index in [2.05, 4.69) is 52.1 Å². The van der Waals surface area contributed by atoms with Crippen molar-refractivity contribution in [1.29, 1.82) is 0 Å². The van der Waals surface area contributed by atoms with Crippen molar-refractivity contribution in [1.82, 2.24) is 14.7 Å². The molecule has 0 spiro atoms. The van der Waals surface area contributed by atoms with E-state index in [1.807, 2.05) is 0 Å². The van der Waals surface area contributed by atoms with E-state index in [1.54, 1.807) is 0 Å². The summed E-state index contributed by atoms with van der Waals surface area (Å²) in [7, 11) is 2.28. The van der Waals surface area contributed by atoms with Crippen LogP contribution in [-0.4, -0.2) is 67.1 Å². The van der Waals surface area contributed by atoms with Gasteiger partial charge in [0.25, 0.3) is 0 Å². The summed E-state index contributed by atoms with van der Waals surface area (Å²) < 4.78 is 0. The lowest BCUT2D eigenvalue weighted by Gasteiger charge is -2.37. The molecule has 0 N–H and O–H groups in total. The zero-order chi connectivity index (χ0) is 13.8. The lowest BCUT2D eigenvalue weighted by atomic mass is 10.1. The molecule has 0 saturated carbocycles. The van der Waals surface area contributed by atoms with Gasteiger partial charge in [-0.15, -0.1) is 0 Å². The van der Waals surface area contributed by atoms with Gasteiger partial charge in [-0.2, -0.15) is 0 Å². The predicted molar refractivity (Wildman–Crippen MR) is 83.8 cm³/mol. The van der Waals surface area contributed by atoms with Gasteiger partial charge in [-0.25, -0.2) is 0 Å². The maximum atomic E-state index is 2.66. The Morgan fingerprint density at radius 3 is 2.30 bits per heavy atom. The van der Waals surface area contributed by atoms with Crippen LogP contribution in [0.4, 0.5) is 0 Å². The van der Waals surface area contributed by atoms with Crippen molar-refractivity contribution in [2.75, 3.05) is 46.3 Å². The molecule has 0 unspecified atom stereocenters. The van der Waals surface area contributed by atoms with Crippen molar-refractivity contribution < 1.29 is 0 Å². The van der Waals surface area contributed by atoms with Gasteiger partial charge in [0.2, 0.25) is 0 Å². The molecule has 1 aromatic rings. The molecule has 0 amide bonds. The quantitative estimate of drug-likeness (QED) is 0.829. The first-order valence-corrected chi connectivity index (χ1v) is 8.00. The third kappa shape index (κ3) is 3.60. The first kappa shape index (κ1) is 14.1. The maximum Gasteiger partial charge on any atom is 0.0234 e. The highest BCUT2D eigenvalue weighted by atomic mass is 15.3. The standard InChI is InChI=1S/C17H27N3/c1-18-9-5-8-17(18)15-20-12-10-19(11-13-20)14-16-6-3-2-4-7-16/h2-4,6-7,17H,5,8-15H2,1H3/t17-/m1/s1. The SMILES string of the molecule is CN1CCC[C@@H]1CN1CCN(Cc2ccccc2)CC1. The van der Waals surface area contributed by atoms with Crippen LogP contribution in [0.15, 0.2) is 30.3 Å². The average Bonchev–Trinajstić information content (AvgIpc) is 2.88. The molecule has 0 radical (unpaired) electrons. The fraction of sp³-hybridized carbons (Fsp3) is 0.647. The van der Waals surface area contributed by atoms with Gasteiger partial charge in [0, 0.05) is 45.3 Å². The molecule has 2 fully saturated rings. The van der Waals surface area contributed by atoms with Gasteiger partial charge in [0.15, 0.2) is 0 Å². The fourth-order valence-corrected chi connectivity index (χ4v) is 3.48. The van der Waals surface area contributed by atoms with Gasteiger partial charge in [0.1, 0.15) is 0 Å². The largest absolute Gasteiger partial charge is 0.302 e. The highest BCUT2D eigenvalue weighted by Crippen LogP contribution is 2.17. The van der Waals surface area contributed by atoms with Crippen LogP contribution in [-0.2, 0) is 6.54 Å². The predicted octanol–water partition coefficient (Wildman–Crippen LogP) is 1.90. The van der Waals surface area contributed by atoms with E-state index >= 15 is 0 Å². The Balaban J connectivity index is 1.43. The van der Waals surface area contributed by atoms with Crippen molar-refractivity contribution in [3.05, 3.63) is 35.9 Å². The Bertz CT molecular complexity index is 398. The number of rotatable bonds is 4. The number of hydrogen-bond acceptors (Lipinski definition) is 3. The van der Waals surface area contributed by atoms with E-state index in [0.29, 0.717) is 0 Å². The monoisotopic (exact) mass is 273 g/mol. The number of nitrogens with zero attached hydrogens (tertiary/aromatic N) is 3. The van der Waals surface area contributed by atoms with Gasteiger partial charge >= 0.3 is 0 Å². The van der Waals surface area contributed by atoms with Crippen LogP contribution in [0.1, 0.15) is 18.4 Å². The summed E-state index contributed by atoms with van der Waals surface area (Å²) in [5.74, 6) is 0. The van der Waals surface area contributed by atoms with Crippen LogP contribution in [0.25, 0.3) is 0 Å². The number of piperazine rings is 1. The van der Waals surface area contributed by atoms with Crippen LogP contribution < -0.4 is 0 Å². The Morgan fingerprint density at radius 2 is 1.65 bits per heavy atom. The summed E-state index contributed by atoms with van der Waals surface area (Å²) in [6.07, 6.45) is 2.77. The van der Waals surface area contributed by atoms with Gasteiger partial charge in [0.05, 0.1) is 0 Å². The Morgan fingerprint density at radius 1 is 0.950 bits per heavy atom. The summed E-state index contributed by atoms with van der Waals surface area (Å²) in [6, 6.07) is 11.7. The van der Waals surface area contributed by atoms with E-state index in [4.69, 9.17) is 0 Å². The molecule has 0 bridgehead atoms. The third-order valence-electron chi connectivity index (χ3n) is 4.85. The molecule has 2 heterocycles. The van der Waals surface area contributed by atoms with E-state index < -0.39 is 0 Å². The van der Waals surface area contributed by atoms with E-state index in [1.165, 1.54) is 57.7 Å². The van der Waals surface area contributed by atoms with Crippen LogP contribution in [0.3, 0.4) is 0 Å². The number of benzene rings is 1. The molecule has 3 rings (SSSR count). The summed E-state index contributed by atoms with van der Waals surface area (Å²) in [6.45, 7) is 8.57. The minimum Gasteiger partial charge on any atom is -0.302 e. The molecule has 2 aliphatic heterocycles. The van der Waals surface area contributed by atoms with Crippen LogP contribution in [0.5, 0.6) is 0 Å². The number of likely N-dealkylation sites (N-methyl/N-ethyl adjacent to an activating group) is 1. The zero-order valence-electron chi connectivity index (χ0n) is 12.7. The molecule has 1 aromatic carbocycles. The lowest BCUT2D eigenvalue weighted by molar-refractivity contribution is 0.105. The maximum absolute atomic E-state index is 2.66. The lowest BCUT2D eigenvalue weighted by Crippen LogP contribution is -2.49. The second-order valence-corrected chi connectivity index (χ2v) is 6.34. The molecular formula is C17H27N3. The van der Waals surface area contributed by atoms with E-state index in [0.717, 1.165) is 12.6 Å². The Hall–Kier alpha value is -0.900. The van der Waals surface area contributed by atoms with Gasteiger partial charge < -0.3 is 4.90 Å². The molecule has 2 saturated heterocycles. The topological polar surface area (TPSA) is 9.72 Å². The van der Waals surface area contributed by atoms with E-state index in [-0.39, 0.29) is 0 Å². The number of likely N-dealkylation sites (tertiary alicyclic amines) is 1. The van der Waals surface area contributed by atoms with Crippen molar-refractivity contribution in [2.45, 2.75) is 25.4 Å². The molecular weight excluding hydrogens is 246 g/mol. The minimum atomic E-state index is 0.802. The van der Waals surface area contributed by atoms with Crippen molar-refractivity contribution in [3.63, 3.8) is 0 Å². The van der Waals surface area contributed by atoms with Gasteiger partial charge in [-0.3, -0.25) is 9.80 Å². The first-order valence-electron chi connectivity index (χ1n) is 8.00. The van der Waals surface area contributed by atoms with Gasteiger partial charge in [-0.1, -0.05) is 30.3 Å². The second kappa shape index (κ2) is 6.70.